The van der Waals surface area contributed by atoms with Crippen LogP contribution in [0.2, 0.25) is 0 Å². The summed E-state index contributed by atoms with van der Waals surface area (Å²) in [7, 11) is 0. The van der Waals surface area contributed by atoms with Crippen LogP contribution in [0.5, 0.6) is 0 Å². The summed E-state index contributed by atoms with van der Waals surface area (Å²) in [6.07, 6.45) is 2.01. The molecule has 3 N–H and O–H groups in total. The van der Waals surface area contributed by atoms with Crippen molar-refractivity contribution in [3.8, 4) is 0 Å². The van der Waals surface area contributed by atoms with E-state index in [0.29, 0.717) is 31.9 Å². The molecule has 1 heterocycles. The second kappa shape index (κ2) is 9.73. The van der Waals surface area contributed by atoms with Gasteiger partial charge in [-0.05, 0) is 30.5 Å². The summed E-state index contributed by atoms with van der Waals surface area (Å²) in [6, 6.07) is 7.34. The van der Waals surface area contributed by atoms with Gasteiger partial charge in [0, 0.05) is 31.9 Å². The van der Waals surface area contributed by atoms with Crippen molar-refractivity contribution in [1.82, 2.24) is 5.32 Å². The SMILES string of the molecule is Cl.NCc1ccc(C(=O)NCCCOC2CCOC2)cc1. The number of carbonyl (C=O) groups is 1. The molecule has 0 aliphatic carbocycles. The molecule has 0 saturated carbocycles. The van der Waals surface area contributed by atoms with E-state index in [1.807, 2.05) is 12.1 Å². The molecular formula is C15H23ClN2O3. The van der Waals surface area contributed by atoms with Gasteiger partial charge in [-0.25, -0.2) is 0 Å². The molecule has 5 nitrogen and oxygen atoms in total. The van der Waals surface area contributed by atoms with Crippen LogP contribution in [0.15, 0.2) is 24.3 Å². The van der Waals surface area contributed by atoms with Gasteiger partial charge in [0.2, 0.25) is 0 Å². The summed E-state index contributed by atoms with van der Waals surface area (Å²) < 4.78 is 10.9. The number of benzene rings is 1. The highest BCUT2D eigenvalue weighted by molar-refractivity contribution is 5.94. The minimum Gasteiger partial charge on any atom is -0.379 e. The molecule has 0 spiro atoms. The summed E-state index contributed by atoms with van der Waals surface area (Å²) in [5, 5.41) is 2.88. The van der Waals surface area contributed by atoms with E-state index in [0.717, 1.165) is 25.0 Å². The third-order valence-corrected chi connectivity index (χ3v) is 3.30. The number of nitrogens with one attached hydrogen (secondary N) is 1. The molecule has 118 valence electrons. The number of nitrogens with two attached hydrogens (primary N) is 1. The lowest BCUT2D eigenvalue weighted by Crippen LogP contribution is -2.26. The fourth-order valence-electron chi connectivity index (χ4n) is 2.06. The average Bonchev–Trinajstić information content (AvgIpc) is 3.00. The van der Waals surface area contributed by atoms with Crippen LogP contribution in [-0.4, -0.2) is 38.4 Å². The Morgan fingerprint density at radius 3 is 2.76 bits per heavy atom. The lowest BCUT2D eigenvalue weighted by molar-refractivity contribution is 0.0415. The van der Waals surface area contributed by atoms with Gasteiger partial charge in [0.25, 0.3) is 5.91 Å². The van der Waals surface area contributed by atoms with Crippen molar-refractivity contribution in [3.63, 3.8) is 0 Å². The quantitative estimate of drug-likeness (QED) is 0.748. The van der Waals surface area contributed by atoms with Gasteiger partial charge in [-0.15, -0.1) is 12.4 Å². The molecule has 1 amide bonds. The van der Waals surface area contributed by atoms with Gasteiger partial charge >= 0.3 is 0 Å². The summed E-state index contributed by atoms with van der Waals surface area (Å²) in [6.45, 7) is 3.25. The monoisotopic (exact) mass is 314 g/mol. The van der Waals surface area contributed by atoms with E-state index in [4.69, 9.17) is 15.2 Å². The minimum absolute atomic E-state index is 0. The van der Waals surface area contributed by atoms with Crippen LogP contribution in [0.1, 0.15) is 28.8 Å². The molecule has 1 aliphatic rings. The summed E-state index contributed by atoms with van der Waals surface area (Å²) in [4.78, 5) is 11.9. The van der Waals surface area contributed by atoms with E-state index in [-0.39, 0.29) is 24.4 Å². The van der Waals surface area contributed by atoms with Gasteiger partial charge in [-0.3, -0.25) is 4.79 Å². The number of ether oxygens (including phenoxy) is 2. The maximum absolute atomic E-state index is 11.9. The van der Waals surface area contributed by atoms with Gasteiger partial charge in [0.1, 0.15) is 0 Å². The average molecular weight is 315 g/mol. The van der Waals surface area contributed by atoms with Crippen molar-refractivity contribution in [2.24, 2.45) is 5.73 Å². The van der Waals surface area contributed by atoms with Crippen molar-refractivity contribution in [2.75, 3.05) is 26.4 Å². The van der Waals surface area contributed by atoms with Crippen molar-refractivity contribution >= 4 is 18.3 Å². The molecule has 1 aliphatic heterocycles. The number of carbonyl (C=O) groups excluding carboxylic acids is 1. The third kappa shape index (κ3) is 6.01. The van der Waals surface area contributed by atoms with Crippen LogP contribution >= 0.6 is 12.4 Å². The Labute approximate surface area is 131 Å². The van der Waals surface area contributed by atoms with Crippen LogP contribution in [0.4, 0.5) is 0 Å². The number of hydrogen-bond donors (Lipinski definition) is 2. The molecule has 1 aromatic rings. The highest BCUT2D eigenvalue weighted by atomic mass is 35.5. The summed E-state index contributed by atoms with van der Waals surface area (Å²) in [5.41, 5.74) is 7.20. The second-order valence-electron chi connectivity index (χ2n) is 4.87. The number of halogens is 1. The molecule has 0 aromatic heterocycles. The van der Waals surface area contributed by atoms with Crippen LogP contribution < -0.4 is 11.1 Å². The van der Waals surface area contributed by atoms with Crippen LogP contribution in [0, 0.1) is 0 Å². The van der Waals surface area contributed by atoms with E-state index in [1.54, 1.807) is 12.1 Å². The van der Waals surface area contributed by atoms with Gasteiger partial charge in [-0.1, -0.05) is 12.1 Å². The van der Waals surface area contributed by atoms with Crippen molar-refractivity contribution in [2.45, 2.75) is 25.5 Å². The minimum atomic E-state index is -0.0576. The maximum Gasteiger partial charge on any atom is 0.251 e. The Morgan fingerprint density at radius 2 is 2.14 bits per heavy atom. The maximum atomic E-state index is 11.9. The zero-order chi connectivity index (χ0) is 14.2. The largest absolute Gasteiger partial charge is 0.379 e. The highest BCUT2D eigenvalue weighted by Crippen LogP contribution is 2.08. The smallest absolute Gasteiger partial charge is 0.251 e. The lowest BCUT2D eigenvalue weighted by Gasteiger charge is -2.10. The van der Waals surface area contributed by atoms with Gasteiger partial charge in [0.15, 0.2) is 0 Å². The molecule has 1 saturated heterocycles. The first kappa shape index (κ1) is 17.9. The molecule has 2 rings (SSSR count). The molecule has 1 aromatic carbocycles. The molecule has 1 fully saturated rings. The second-order valence-corrected chi connectivity index (χ2v) is 4.87. The van der Waals surface area contributed by atoms with E-state index in [1.165, 1.54) is 0 Å². The predicted octanol–water partition coefficient (Wildman–Crippen LogP) is 1.49. The van der Waals surface area contributed by atoms with Gasteiger partial charge < -0.3 is 20.5 Å². The first-order valence-electron chi connectivity index (χ1n) is 7.06. The Hall–Kier alpha value is -1.14. The van der Waals surface area contributed by atoms with Crippen LogP contribution in [0.25, 0.3) is 0 Å². The van der Waals surface area contributed by atoms with E-state index in [2.05, 4.69) is 5.32 Å². The zero-order valence-corrected chi connectivity index (χ0v) is 12.9. The third-order valence-electron chi connectivity index (χ3n) is 3.30. The fourth-order valence-corrected chi connectivity index (χ4v) is 2.06. The summed E-state index contributed by atoms with van der Waals surface area (Å²) >= 11 is 0. The Kier molecular flexibility index (Phi) is 8.30. The first-order chi connectivity index (χ1) is 9.79. The van der Waals surface area contributed by atoms with E-state index < -0.39 is 0 Å². The topological polar surface area (TPSA) is 73.6 Å². The predicted molar refractivity (Wildman–Crippen MR) is 83.7 cm³/mol. The Balaban J connectivity index is 0.00000220. The standard InChI is InChI=1S/C15H22N2O3.ClH/c16-10-12-2-4-13(5-3-12)15(18)17-7-1-8-20-14-6-9-19-11-14;/h2-5,14H,1,6-11,16H2,(H,17,18);1H. The number of amides is 1. The Bertz CT molecular complexity index is 419. The van der Waals surface area contributed by atoms with Crippen molar-refractivity contribution < 1.29 is 14.3 Å². The highest BCUT2D eigenvalue weighted by Gasteiger charge is 2.15. The number of rotatable bonds is 7. The van der Waals surface area contributed by atoms with Crippen molar-refractivity contribution in [1.29, 1.82) is 0 Å². The molecule has 1 unspecified atom stereocenters. The van der Waals surface area contributed by atoms with Crippen LogP contribution in [0.3, 0.4) is 0 Å². The van der Waals surface area contributed by atoms with Crippen LogP contribution in [-0.2, 0) is 16.0 Å². The van der Waals surface area contributed by atoms with Crippen molar-refractivity contribution in [3.05, 3.63) is 35.4 Å². The zero-order valence-electron chi connectivity index (χ0n) is 12.0. The normalized spacial score (nSPS) is 17.3. The van der Waals surface area contributed by atoms with Gasteiger partial charge in [0.05, 0.1) is 12.7 Å². The molecule has 21 heavy (non-hydrogen) atoms. The molecule has 6 heteroatoms. The molecule has 1 atom stereocenters. The molecule has 0 bridgehead atoms. The fraction of sp³-hybridized carbons (Fsp3) is 0.533. The van der Waals surface area contributed by atoms with E-state index in [9.17, 15) is 4.79 Å². The molecular weight excluding hydrogens is 292 g/mol. The van der Waals surface area contributed by atoms with Gasteiger partial charge in [-0.2, -0.15) is 0 Å². The Morgan fingerprint density at radius 1 is 1.38 bits per heavy atom. The van der Waals surface area contributed by atoms with E-state index >= 15 is 0 Å². The molecule has 0 radical (unpaired) electrons. The summed E-state index contributed by atoms with van der Waals surface area (Å²) in [5.74, 6) is -0.0576. The lowest BCUT2D eigenvalue weighted by atomic mass is 10.1. The number of hydrogen-bond acceptors (Lipinski definition) is 4. The first-order valence-corrected chi connectivity index (χ1v) is 7.06.